The Kier molecular flexibility index (Phi) is 6.57. The first kappa shape index (κ1) is 22.0. The second kappa shape index (κ2) is 8.97. The van der Waals surface area contributed by atoms with Gasteiger partial charge in [0, 0.05) is 46.0 Å². The van der Waals surface area contributed by atoms with Crippen LogP contribution in [-0.2, 0) is 15.0 Å². The van der Waals surface area contributed by atoms with Crippen molar-refractivity contribution in [2.45, 2.75) is 0 Å². The molecular weight excluding hydrogens is 414 g/mol. The van der Waals surface area contributed by atoms with Gasteiger partial charge in [0.1, 0.15) is 18.2 Å². The number of anilines is 2. The number of carbonyl (C=O) groups is 1. The summed E-state index contributed by atoms with van der Waals surface area (Å²) in [6.45, 7) is 1.31. The normalized spacial score (nSPS) is 14.8. The van der Waals surface area contributed by atoms with Gasteiger partial charge in [0.25, 0.3) is 0 Å². The van der Waals surface area contributed by atoms with Gasteiger partial charge in [0.2, 0.25) is 5.91 Å². The second-order valence-electron chi connectivity index (χ2n) is 7.09. The summed E-state index contributed by atoms with van der Waals surface area (Å²) < 4.78 is 54.6. The Hall–Kier alpha value is -2.72. The summed E-state index contributed by atoms with van der Waals surface area (Å²) in [4.78, 5) is 16.4. The fourth-order valence-corrected chi connectivity index (χ4v) is 4.30. The van der Waals surface area contributed by atoms with Crippen LogP contribution in [0.1, 0.15) is 0 Å². The molecule has 1 heterocycles. The van der Waals surface area contributed by atoms with Crippen LogP contribution >= 0.6 is 0 Å². The van der Waals surface area contributed by atoms with Crippen molar-refractivity contribution in [3.8, 4) is 0 Å². The molecule has 30 heavy (non-hydrogen) atoms. The molecule has 3 rings (SSSR count). The van der Waals surface area contributed by atoms with E-state index >= 15 is 0 Å². The van der Waals surface area contributed by atoms with Crippen LogP contribution in [0.5, 0.6) is 0 Å². The van der Waals surface area contributed by atoms with Crippen molar-refractivity contribution in [2.24, 2.45) is 0 Å². The summed E-state index contributed by atoms with van der Waals surface area (Å²) in [6, 6.07) is 11.6. The highest BCUT2D eigenvalue weighted by Gasteiger charge is 2.31. The third-order valence-electron chi connectivity index (χ3n) is 4.96. The molecule has 0 radical (unpaired) electrons. The molecule has 0 spiro atoms. The highest BCUT2D eigenvalue weighted by atomic mass is 32.2. The van der Waals surface area contributed by atoms with Gasteiger partial charge in [0.15, 0.2) is 0 Å². The van der Waals surface area contributed by atoms with Gasteiger partial charge in [-0.15, -0.1) is 0 Å². The first-order chi connectivity index (χ1) is 14.2. The minimum Gasteiger partial charge on any atom is -0.368 e. The van der Waals surface area contributed by atoms with Crippen LogP contribution in [0.25, 0.3) is 0 Å². The van der Waals surface area contributed by atoms with E-state index < -0.39 is 28.5 Å². The number of halogens is 2. The third-order valence-corrected chi connectivity index (χ3v) is 6.77. The number of rotatable bonds is 6. The predicted molar refractivity (Wildman–Crippen MR) is 112 cm³/mol. The molecule has 0 unspecified atom stereocenters. The zero-order valence-electron chi connectivity index (χ0n) is 16.8. The second-order valence-corrected chi connectivity index (χ2v) is 9.16. The lowest BCUT2D eigenvalue weighted by Gasteiger charge is -2.37. The van der Waals surface area contributed by atoms with Crippen LogP contribution in [0.3, 0.4) is 0 Å². The Balaban J connectivity index is 1.72. The van der Waals surface area contributed by atoms with E-state index in [2.05, 4.69) is 0 Å². The maximum absolute atomic E-state index is 14.3. The van der Waals surface area contributed by atoms with Gasteiger partial charge < -0.3 is 9.80 Å². The average Bonchev–Trinajstić information content (AvgIpc) is 2.73. The van der Waals surface area contributed by atoms with Gasteiger partial charge >= 0.3 is 10.2 Å². The van der Waals surface area contributed by atoms with Crippen molar-refractivity contribution in [2.75, 3.05) is 56.0 Å². The lowest BCUT2D eigenvalue weighted by Crippen LogP contribution is -2.53. The number of nitrogens with zero attached hydrogens (tertiary/aromatic N) is 4. The number of hydrogen-bond donors (Lipinski definition) is 0. The molecule has 0 atom stereocenters. The van der Waals surface area contributed by atoms with Crippen LogP contribution in [0.4, 0.5) is 20.2 Å². The molecule has 0 saturated carbocycles. The number of carbonyl (C=O) groups excluding carboxylic acids is 1. The van der Waals surface area contributed by atoms with Crippen molar-refractivity contribution < 1.29 is 22.0 Å². The molecule has 0 bridgehead atoms. The third kappa shape index (κ3) is 4.71. The van der Waals surface area contributed by atoms with Crippen LogP contribution in [0.2, 0.25) is 0 Å². The molecule has 1 aliphatic rings. The molecule has 1 aliphatic heterocycles. The molecule has 1 amide bonds. The van der Waals surface area contributed by atoms with E-state index in [0.717, 1.165) is 20.4 Å². The molecule has 0 aromatic heterocycles. The maximum atomic E-state index is 14.3. The molecule has 162 valence electrons. The van der Waals surface area contributed by atoms with Crippen molar-refractivity contribution >= 4 is 27.5 Å². The number of piperazine rings is 1. The molecule has 0 N–H and O–H groups in total. The van der Waals surface area contributed by atoms with Crippen molar-refractivity contribution in [1.29, 1.82) is 0 Å². The van der Waals surface area contributed by atoms with E-state index in [-0.39, 0.29) is 11.5 Å². The summed E-state index contributed by atoms with van der Waals surface area (Å²) in [7, 11) is -1.42. The first-order valence-electron chi connectivity index (χ1n) is 9.43. The summed E-state index contributed by atoms with van der Waals surface area (Å²) in [5.41, 5.74) is 0.677. The Morgan fingerprint density at radius 2 is 1.57 bits per heavy atom. The molecule has 1 saturated heterocycles. The zero-order chi connectivity index (χ0) is 21.9. The number of para-hydroxylation sites is 1. The maximum Gasteiger partial charge on any atom is 0.304 e. The standard InChI is InChI=1S/C20H24F2N4O3S/c1-23(2)30(28,29)26(19-6-4-3-5-18(19)22)15-20(27)25-13-11-24(12-14-25)17-9-7-16(21)8-10-17/h3-10H,11-15H2,1-2H3. The van der Waals surface area contributed by atoms with Gasteiger partial charge in [0.05, 0.1) is 5.69 Å². The molecule has 0 aliphatic carbocycles. The van der Waals surface area contributed by atoms with E-state index in [1.54, 1.807) is 17.0 Å². The monoisotopic (exact) mass is 438 g/mol. The predicted octanol–water partition coefficient (Wildman–Crippen LogP) is 1.93. The Bertz CT molecular complexity index is 991. The molecule has 1 fully saturated rings. The van der Waals surface area contributed by atoms with Gasteiger partial charge in [-0.2, -0.15) is 12.7 Å². The first-order valence-corrected chi connectivity index (χ1v) is 10.8. The minimum atomic E-state index is -4.07. The van der Waals surface area contributed by atoms with E-state index in [1.807, 2.05) is 4.90 Å². The molecule has 2 aromatic carbocycles. The van der Waals surface area contributed by atoms with E-state index in [0.29, 0.717) is 26.2 Å². The van der Waals surface area contributed by atoms with Gasteiger partial charge in [-0.05, 0) is 36.4 Å². The topological polar surface area (TPSA) is 64.2 Å². The number of amides is 1. The lowest BCUT2D eigenvalue weighted by molar-refractivity contribution is -0.129. The summed E-state index contributed by atoms with van der Waals surface area (Å²) in [5, 5.41) is 0. The number of hydrogen-bond acceptors (Lipinski definition) is 4. The summed E-state index contributed by atoms with van der Waals surface area (Å²) >= 11 is 0. The largest absolute Gasteiger partial charge is 0.368 e. The minimum absolute atomic E-state index is 0.176. The summed E-state index contributed by atoms with van der Waals surface area (Å²) in [5.74, 6) is -1.46. The van der Waals surface area contributed by atoms with Crippen LogP contribution in [0.15, 0.2) is 48.5 Å². The van der Waals surface area contributed by atoms with Gasteiger partial charge in [-0.25, -0.2) is 13.1 Å². The zero-order valence-corrected chi connectivity index (χ0v) is 17.6. The Labute approximate surface area is 175 Å². The molecule has 10 heteroatoms. The molecular formula is C20H24F2N4O3S. The fraction of sp³-hybridized carbons (Fsp3) is 0.350. The summed E-state index contributed by atoms with van der Waals surface area (Å²) in [6.07, 6.45) is 0. The molecule has 7 nitrogen and oxygen atoms in total. The smallest absolute Gasteiger partial charge is 0.304 e. The van der Waals surface area contributed by atoms with Gasteiger partial charge in [-0.1, -0.05) is 12.1 Å². The SMILES string of the molecule is CN(C)S(=O)(=O)N(CC(=O)N1CCN(c2ccc(F)cc2)CC1)c1ccccc1F. The molecule has 2 aromatic rings. The van der Waals surface area contributed by atoms with Gasteiger partial charge in [-0.3, -0.25) is 4.79 Å². The van der Waals surface area contributed by atoms with E-state index in [9.17, 15) is 22.0 Å². The van der Waals surface area contributed by atoms with E-state index in [4.69, 9.17) is 0 Å². The fourth-order valence-electron chi connectivity index (χ4n) is 3.23. The highest BCUT2D eigenvalue weighted by molar-refractivity contribution is 7.90. The lowest BCUT2D eigenvalue weighted by atomic mass is 10.2. The Morgan fingerprint density at radius 3 is 2.13 bits per heavy atom. The van der Waals surface area contributed by atoms with Crippen molar-refractivity contribution in [1.82, 2.24) is 9.21 Å². The quantitative estimate of drug-likeness (QED) is 0.692. The van der Waals surface area contributed by atoms with Crippen LogP contribution in [-0.4, -0.2) is 70.3 Å². The number of benzene rings is 2. The average molecular weight is 439 g/mol. The highest BCUT2D eigenvalue weighted by Crippen LogP contribution is 2.23. The van der Waals surface area contributed by atoms with Crippen molar-refractivity contribution in [3.63, 3.8) is 0 Å². The van der Waals surface area contributed by atoms with Crippen LogP contribution in [0, 0.1) is 11.6 Å². The van der Waals surface area contributed by atoms with E-state index in [1.165, 1.54) is 44.4 Å². The van der Waals surface area contributed by atoms with Crippen molar-refractivity contribution in [3.05, 3.63) is 60.2 Å². The van der Waals surface area contributed by atoms with Crippen LogP contribution < -0.4 is 9.21 Å². The Morgan fingerprint density at radius 1 is 0.967 bits per heavy atom.